The molecule has 18 heavy (non-hydrogen) atoms. The predicted octanol–water partition coefficient (Wildman–Crippen LogP) is 3.61. The zero-order valence-electron chi connectivity index (χ0n) is 9.90. The predicted molar refractivity (Wildman–Crippen MR) is 77.2 cm³/mol. The summed E-state index contributed by atoms with van der Waals surface area (Å²) >= 11 is 12.1. The smallest absolute Gasteiger partial charge is 0.0738 e. The summed E-state index contributed by atoms with van der Waals surface area (Å²) in [6.07, 6.45) is 3.34. The fourth-order valence-corrected chi connectivity index (χ4v) is 2.12. The first kappa shape index (κ1) is 13.0. The molecule has 1 heterocycles. The van der Waals surface area contributed by atoms with Crippen LogP contribution in [0.3, 0.4) is 0 Å². The first-order chi connectivity index (χ1) is 8.58. The van der Waals surface area contributed by atoms with Crippen molar-refractivity contribution < 1.29 is 0 Å². The number of nitrogens with two attached hydrogens (primary N) is 1. The Bertz CT molecular complexity index is 558. The SMILES string of the molecule is CN(Cc1cc(Cl)ccc1Cl)c1ccncc1N. The second-order valence-electron chi connectivity index (χ2n) is 4.03. The van der Waals surface area contributed by atoms with Gasteiger partial charge in [-0.15, -0.1) is 0 Å². The van der Waals surface area contributed by atoms with E-state index in [-0.39, 0.29) is 0 Å². The fourth-order valence-electron chi connectivity index (χ4n) is 1.75. The molecule has 0 bridgehead atoms. The van der Waals surface area contributed by atoms with Crippen LogP contribution < -0.4 is 10.6 Å². The molecule has 0 atom stereocenters. The van der Waals surface area contributed by atoms with Gasteiger partial charge in [0.05, 0.1) is 17.6 Å². The molecule has 1 aromatic carbocycles. The van der Waals surface area contributed by atoms with Crippen LogP contribution in [-0.4, -0.2) is 12.0 Å². The Balaban J connectivity index is 2.24. The molecular formula is C13H13Cl2N3. The summed E-state index contributed by atoms with van der Waals surface area (Å²) in [5.41, 5.74) is 8.40. The Hall–Kier alpha value is -1.45. The van der Waals surface area contributed by atoms with Crippen molar-refractivity contribution in [3.8, 4) is 0 Å². The van der Waals surface area contributed by atoms with E-state index in [0.717, 1.165) is 11.3 Å². The number of nitrogen functional groups attached to an aromatic ring is 1. The largest absolute Gasteiger partial charge is 0.396 e. The van der Waals surface area contributed by atoms with E-state index in [1.807, 2.05) is 24.1 Å². The molecule has 2 rings (SSSR count). The molecule has 0 unspecified atom stereocenters. The summed E-state index contributed by atoms with van der Waals surface area (Å²) in [6.45, 7) is 0.633. The van der Waals surface area contributed by atoms with E-state index in [0.29, 0.717) is 22.3 Å². The van der Waals surface area contributed by atoms with E-state index >= 15 is 0 Å². The van der Waals surface area contributed by atoms with Crippen LogP contribution in [0, 0.1) is 0 Å². The molecule has 1 aromatic heterocycles. The van der Waals surface area contributed by atoms with Crippen LogP contribution in [0.25, 0.3) is 0 Å². The average molecular weight is 282 g/mol. The van der Waals surface area contributed by atoms with Crippen molar-refractivity contribution in [1.29, 1.82) is 0 Å². The van der Waals surface area contributed by atoms with Crippen molar-refractivity contribution in [3.05, 3.63) is 52.3 Å². The van der Waals surface area contributed by atoms with Crippen molar-refractivity contribution in [3.63, 3.8) is 0 Å². The minimum absolute atomic E-state index is 0.633. The summed E-state index contributed by atoms with van der Waals surface area (Å²) < 4.78 is 0. The second-order valence-corrected chi connectivity index (χ2v) is 4.87. The Morgan fingerprint density at radius 2 is 2.06 bits per heavy atom. The van der Waals surface area contributed by atoms with Gasteiger partial charge in [0.15, 0.2) is 0 Å². The standard InChI is InChI=1S/C13H13Cl2N3/c1-18(13-4-5-17-7-12(13)16)8-9-6-10(14)2-3-11(9)15/h2-7H,8,16H2,1H3. The number of nitrogens with zero attached hydrogens (tertiary/aromatic N) is 2. The van der Waals surface area contributed by atoms with Gasteiger partial charge in [0.25, 0.3) is 0 Å². The minimum atomic E-state index is 0.633. The van der Waals surface area contributed by atoms with Gasteiger partial charge in [-0.2, -0.15) is 0 Å². The minimum Gasteiger partial charge on any atom is -0.396 e. The molecule has 5 heteroatoms. The molecule has 2 aromatic rings. The van der Waals surface area contributed by atoms with E-state index in [2.05, 4.69) is 4.98 Å². The molecule has 0 saturated heterocycles. The van der Waals surface area contributed by atoms with Gasteiger partial charge in [-0.25, -0.2) is 0 Å². The number of halogens is 2. The lowest BCUT2D eigenvalue weighted by Gasteiger charge is -2.21. The second kappa shape index (κ2) is 5.46. The highest BCUT2D eigenvalue weighted by Crippen LogP contribution is 2.26. The maximum absolute atomic E-state index is 6.14. The van der Waals surface area contributed by atoms with Crippen LogP contribution in [-0.2, 0) is 6.54 Å². The number of pyridine rings is 1. The highest BCUT2D eigenvalue weighted by atomic mass is 35.5. The Morgan fingerprint density at radius 1 is 1.28 bits per heavy atom. The van der Waals surface area contributed by atoms with Gasteiger partial charge in [0.2, 0.25) is 0 Å². The molecule has 0 saturated carbocycles. The average Bonchev–Trinajstić information content (AvgIpc) is 2.34. The summed E-state index contributed by atoms with van der Waals surface area (Å²) in [5, 5.41) is 1.37. The first-order valence-corrected chi connectivity index (χ1v) is 6.18. The summed E-state index contributed by atoms with van der Waals surface area (Å²) in [7, 11) is 1.95. The van der Waals surface area contributed by atoms with Gasteiger partial charge in [-0.3, -0.25) is 4.98 Å². The van der Waals surface area contributed by atoms with Gasteiger partial charge < -0.3 is 10.6 Å². The van der Waals surface area contributed by atoms with E-state index in [4.69, 9.17) is 28.9 Å². The van der Waals surface area contributed by atoms with Crippen molar-refractivity contribution in [2.45, 2.75) is 6.54 Å². The van der Waals surface area contributed by atoms with E-state index in [9.17, 15) is 0 Å². The van der Waals surface area contributed by atoms with Gasteiger partial charge in [0.1, 0.15) is 0 Å². The van der Waals surface area contributed by atoms with Gasteiger partial charge in [0, 0.05) is 29.8 Å². The lowest BCUT2D eigenvalue weighted by Crippen LogP contribution is -2.18. The molecular weight excluding hydrogens is 269 g/mol. The summed E-state index contributed by atoms with van der Waals surface area (Å²) in [5.74, 6) is 0. The summed E-state index contributed by atoms with van der Waals surface area (Å²) in [4.78, 5) is 5.98. The van der Waals surface area contributed by atoms with E-state index in [1.54, 1.807) is 24.5 Å². The van der Waals surface area contributed by atoms with Crippen LogP contribution in [0.5, 0.6) is 0 Å². The van der Waals surface area contributed by atoms with Crippen LogP contribution in [0.15, 0.2) is 36.7 Å². The maximum atomic E-state index is 6.14. The molecule has 0 aliphatic rings. The van der Waals surface area contributed by atoms with Crippen molar-refractivity contribution in [2.24, 2.45) is 0 Å². The van der Waals surface area contributed by atoms with Gasteiger partial charge >= 0.3 is 0 Å². The monoisotopic (exact) mass is 281 g/mol. The number of anilines is 2. The van der Waals surface area contributed by atoms with Crippen molar-refractivity contribution in [1.82, 2.24) is 4.98 Å². The molecule has 0 aliphatic carbocycles. The quantitative estimate of drug-likeness (QED) is 0.935. The number of rotatable bonds is 3. The molecule has 0 fully saturated rings. The lowest BCUT2D eigenvalue weighted by atomic mass is 10.2. The molecule has 0 aliphatic heterocycles. The Kier molecular flexibility index (Phi) is 3.94. The lowest BCUT2D eigenvalue weighted by molar-refractivity contribution is 0.923. The first-order valence-electron chi connectivity index (χ1n) is 5.42. The zero-order valence-corrected chi connectivity index (χ0v) is 11.4. The molecule has 2 N–H and O–H groups in total. The number of aromatic nitrogens is 1. The Morgan fingerprint density at radius 3 is 2.78 bits per heavy atom. The van der Waals surface area contributed by atoms with Gasteiger partial charge in [-0.05, 0) is 29.8 Å². The molecule has 94 valence electrons. The van der Waals surface area contributed by atoms with Crippen LogP contribution >= 0.6 is 23.2 Å². The molecule has 0 amide bonds. The van der Waals surface area contributed by atoms with E-state index in [1.165, 1.54) is 0 Å². The van der Waals surface area contributed by atoms with E-state index < -0.39 is 0 Å². The van der Waals surface area contributed by atoms with Crippen LogP contribution in [0.1, 0.15) is 5.56 Å². The third-order valence-corrected chi connectivity index (χ3v) is 3.26. The fraction of sp³-hybridized carbons (Fsp3) is 0.154. The number of hydrogen-bond acceptors (Lipinski definition) is 3. The Labute approximate surface area is 116 Å². The third kappa shape index (κ3) is 2.86. The summed E-state index contributed by atoms with van der Waals surface area (Å²) in [6, 6.07) is 7.29. The van der Waals surface area contributed by atoms with Gasteiger partial charge in [-0.1, -0.05) is 23.2 Å². The molecule has 0 radical (unpaired) electrons. The molecule has 0 spiro atoms. The highest BCUT2D eigenvalue weighted by Gasteiger charge is 2.08. The zero-order chi connectivity index (χ0) is 13.1. The third-order valence-electron chi connectivity index (χ3n) is 2.65. The topological polar surface area (TPSA) is 42.2 Å². The normalized spacial score (nSPS) is 10.4. The maximum Gasteiger partial charge on any atom is 0.0738 e. The highest BCUT2D eigenvalue weighted by molar-refractivity contribution is 6.33. The number of hydrogen-bond donors (Lipinski definition) is 1. The number of benzene rings is 1. The van der Waals surface area contributed by atoms with Crippen molar-refractivity contribution >= 4 is 34.6 Å². The molecule has 3 nitrogen and oxygen atoms in total. The van der Waals surface area contributed by atoms with Crippen LogP contribution in [0.4, 0.5) is 11.4 Å². The van der Waals surface area contributed by atoms with Crippen LogP contribution in [0.2, 0.25) is 10.0 Å². The van der Waals surface area contributed by atoms with Crippen molar-refractivity contribution in [2.75, 3.05) is 17.7 Å².